The summed E-state index contributed by atoms with van der Waals surface area (Å²) in [5.74, 6) is 0.105. The molecule has 0 aliphatic carbocycles. The Labute approximate surface area is 135 Å². The Hall–Kier alpha value is -2.37. The van der Waals surface area contributed by atoms with Crippen LogP contribution in [0.5, 0.6) is 11.5 Å². The van der Waals surface area contributed by atoms with Gasteiger partial charge in [0.2, 0.25) is 5.91 Å². The van der Waals surface area contributed by atoms with Crippen LogP contribution >= 0.6 is 0 Å². The molecule has 0 bridgehead atoms. The molecule has 1 aliphatic rings. The summed E-state index contributed by atoms with van der Waals surface area (Å²) in [4.78, 5) is 36.8. The molecule has 23 heavy (non-hydrogen) atoms. The highest BCUT2D eigenvalue weighted by molar-refractivity contribution is 5.97. The molecule has 0 saturated carbocycles. The highest BCUT2D eigenvalue weighted by Crippen LogP contribution is 2.29. The number of Topliss-reactive ketones (excluding diaryl/α,β-unsaturated/α-hetero) is 1. The fourth-order valence-corrected chi connectivity index (χ4v) is 2.87. The van der Waals surface area contributed by atoms with Gasteiger partial charge in [-0.3, -0.25) is 14.4 Å². The molecule has 1 aliphatic heterocycles. The number of methoxy groups -OCH3 is 1. The van der Waals surface area contributed by atoms with Crippen LogP contribution < -0.4 is 9.47 Å². The first kappa shape index (κ1) is 17.0. The summed E-state index contributed by atoms with van der Waals surface area (Å²) in [6.45, 7) is 3.54. The average Bonchev–Trinajstić information content (AvgIpc) is 2.95. The molecule has 1 atom stereocenters. The number of likely N-dealkylation sites (tertiary alicyclic amines) is 1. The van der Waals surface area contributed by atoms with Crippen molar-refractivity contribution in [2.75, 3.05) is 13.7 Å². The number of benzene rings is 1. The van der Waals surface area contributed by atoms with E-state index in [1.54, 1.807) is 23.1 Å². The predicted octanol–water partition coefficient (Wildman–Crippen LogP) is 2.20. The van der Waals surface area contributed by atoms with Gasteiger partial charge in [0.25, 0.3) is 0 Å². The van der Waals surface area contributed by atoms with Gasteiger partial charge >= 0.3 is 5.97 Å². The maximum Gasteiger partial charge on any atom is 0.308 e. The highest BCUT2D eigenvalue weighted by atomic mass is 16.6. The van der Waals surface area contributed by atoms with Crippen molar-refractivity contribution in [3.63, 3.8) is 0 Å². The molecule has 1 amide bonds. The molecule has 1 aromatic rings. The molecular weight excluding hydrogens is 298 g/mol. The van der Waals surface area contributed by atoms with Gasteiger partial charge in [-0.15, -0.1) is 0 Å². The van der Waals surface area contributed by atoms with Crippen molar-refractivity contribution in [3.8, 4) is 11.5 Å². The zero-order chi connectivity index (χ0) is 17.0. The van der Waals surface area contributed by atoms with Gasteiger partial charge in [0.15, 0.2) is 17.3 Å². The Morgan fingerprint density at radius 3 is 2.57 bits per heavy atom. The summed E-state index contributed by atoms with van der Waals surface area (Å²) in [7, 11) is 1.45. The topological polar surface area (TPSA) is 72.9 Å². The minimum absolute atomic E-state index is 0.00286. The third kappa shape index (κ3) is 4.09. The van der Waals surface area contributed by atoms with Gasteiger partial charge in [-0.25, -0.2) is 0 Å². The van der Waals surface area contributed by atoms with Gasteiger partial charge in [-0.05, 0) is 31.0 Å². The predicted molar refractivity (Wildman–Crippen MR) is 83.7 cm³/mol. The Morgan fingerprint density at radius 2 is 1.96 bits per heavy atom. The summed E-state index contributed by atoms with van der Waals surface area (Å²) >= 11 is 0. The van der Waals surface area contributed by atoms with E-state index >= 15 is 0 Å². The van der Waals surface area contributed by atoms with E-state index in [1.165, 1.54) is 21.0 Å². The summed E-state index contributed by atoms with van der Waals surface area (Å²) < 4.78 is 10.2. The molecular formula is C17H21NO5. The zero-order valence-electron chi connectivity index (χ0n) is 13.6. The molecule has 2 rings (SSSR count). The molecule has 6 heteroatoms. The van der Waals surface area contributed by atoms with Crippen LogP contribution in [0.4, 0.5) is 0 Å². The maximum absolute atomic E-state index is 12.5. The Bertz CT molecular complexity index is 625. The van der Waals surface area contributed by atoms with Crippen LogP contribution in [0.15, 0.2) is 18.2 Å². The molecule has 124 valence electrons. The van der Waals surface area contributed by atoms with Gasteiger partial charge in [0.05, 0.1) is 7.11 Å². The summed E-state index contributed by atoms with van der Waals surface area (Å²) in [6.07, 6.45) is 2.05. The summed E-state index contributed by atoms with van der Waals surface area (Å²) in [5.41, 5.74) is 0.480. The third-order valence-electron chi connectivity index (χ3n) is 3.94. The van der Waals surface area contributed by atoms with Crippen molar-refractivity contribution in [2.45, 2.75) is 39.2 Å². The largest absolute Gasteiger partial charge is 0.493 e. The molecule has 0 radical (unpaired) electrons. The van der Waals surface area contributed by atoms with E-state index in [9.17, 15) is 14.4 Å². The van der Waals surface area contributed by atoms with Crippen LogP contribution in [0.3, 0.4) is 0 Å². The van der Waals surface area contributed by atoms with E-state index in [0.717, 1.165) is 12.8 Å². The second-order valence-corrected chi connectivity index (χ2v) is 5.60. The van der Waals surface area contributed by atoms with Crippen molar-refractivity contribution >= 4 is 17.7 Å². The maximum atomic E-state index is 12.5. The Morgan fingerprint density at radius 1 is 1.22 bits per heavy atom. The van der Waals surface area contributed by atoms with E-state index in [0.29, 0.717) is 17.9 Å². The lowest BCUT2D eigenvalue weighted by molar-refractivity contribution is -0.132. The number of hydrogen-bond donors (Lipinski definition) is 0. The lowest BCUT2D eigenvalue weighted by Gasteiger charge is -2.22. The normalized spacial score (nSPS) is 17.0. The van der Waals surface area contributed by atoms with Crippen LogP contribution in [0.1, 0.15) is 43.5 Å². The van der Waals surface area contributed by atoms with Crippen LogP contribution in [-0.4, -0.2) is 42.3 Å². The van der Waals surface area contributed by atoms with Crippen LogP contribution in [-0.2, 0) is 9.59 Å². The van der Waals surface area contributed by atoms with E-state index in [2.05, 4.69) is 0 Å². The van der Waals surface area contributed by atoms with Crippen molar-refractivity contribution in [2.24, 2.45) is 0 Å². The lowest BCUT2D eigenvalue weighted by Crippen LogP contribution is -2.35. The minimum atomic E-state index is -0.453. The smallest absolute Gasteiger partial charge is 0.308 e. The monoisotopic (exact) mass is 319 g/mol. The van der Waals surface area contributed by atoms with Gasteiger partial charge in [-0.1, -0.05) is 0 Å². The minimum Gasteiger partial charge on any atom is -0.493 e. The Kier molecular flexibility index (Phi) is 5.36. The van der Waals surface area contributed by atoms with Gasteiger partial charge < -0.3 is 14.4 Å². The summed E-state index contributed by atoms with van der Waals surface area (Å²) in [5, 5.41) is 0. The van der Waals surface area contributed by atoms with Gasteiger partial charge in [0.1, 0.15) is 0 Å². The first-order chi connectivity index (χ1) is 10.9. The number of carbonyl (C=O) groups is 3. The quantitative estimate of drug-likeness (QED) is 0.472. The van der Waals surface area contributed by atoms with Crippen LogP contribution in [0, 0.1) is 0 Å². The third-order valence-corrected chi connectivity index (χ3v) is 3.94. The number of esters is 1. The van der Waals surface area contributed by atoms with Crippen molar-refractivity contribution in [3.05, 3.63) is 23.8 Å². The fraction of sp³-hybridized carbons (Fsp3) is 0.471. The lowest BCUT2D eigenvalue weighted by atomic mass is 10.0. The van der Waals surface area contributed by atoms with E-state index in [1.807, 2.05) is 0 Å². The number of rotatable bonds is 5. The molecule has 1 heterocycles. The van der Waals surface area contributed by atoms with Crippen molar-refractivity contribution < 1.29 is 23.9 Å². The first-order valence-electron chi connectivity index (χ1n) is 7.59. The van der Waals surface area contributed by atoms with Crippen molar-refractivity contribution in [1.29, 1.82) is 0 Å². The summed E-state index contributed by atoms with van der Waals surface area (Å²) in [6, 6.07) is 4.67. The number of ketones is 1. The molecule has 6 nitrogen and oxygen atoms in total. The molecule has 0 spiro atoms. The standard InChI is InChI=1S/C17H21NO5/c1-11(19)18-8-4-5-14(18)10-15(21)13-6-7-16(23-12(2)20)17(9-13)22-3/h6-7,9,14H,4-5,8,10H2,1-3H3/t14-/m0/s1. The number of nitrogens with zero attached hydrogens (tertiary/aromatic N) is 1. The SMILES string of the molecule is COc1cc(C(=O)C[C@@H]2CCCN2C(C)=O)ccc1OC(C)=O. The van der Waals surface area contributed by atoms with Crippen molar-refractivity contribution in [1.82, 2.24) is 4.90 Å². The van der Waals surface area contributed by atoms with Gasteiger partial charge in [0, 0.05) is 38.4 Å². The molecule has 0 unspecified atom stereocenters. The fourth-order valence-electron chi connectivity index (χ4n) is 2.87. The Balaban J connectivity index is 2.13. The van der Waals surface area contributed by atoms with Gasteiger partial charge in [-0.2, -0.15) is 0 Å². The molecule has 0 N–H and O–H groups in total. The molecule has 1 saturated heterocycles. The second kappa shape index (κ2) is 7.26. The van der Waals surface area contributed by atoms with Crippen LogP contribution in [0.25, 0.3) is 0 Å². The van der Waals surface area contributed by atoms with E-state index in [4.69, 9.17) is 9.47 Å². The number of carbonyl (C=O) groups excluding carboxylic acids is 3. The van der Waals surface area contributed by atoms with E-state index < -0.39 is 5.97 Å². The highest BCUT2D eigenvalue weighted by Gasteiger charge is 2.28. The molecule has 0 aromatic heterocycles. The number of amides is 1. The average molecular weight is 319 g/mol. The zero-order valence-corrected chi connectivity index (χ0v) is 13.6. The second-order valence-electron chi connectivity index (χ2n) is 5.60. The molecule has 1 fully saturated rings. The van der Waals surface area contributed by atoms with Crippen LogP contribution in [0.2, 0.25) is 0 Å². The van der Waals surface area contributed by atoms with E-state index in [-0.39, 0.29) is 29.9 Å². The number of hydrogen-bond acceptors (Lipinski definition) is 5. The first-order valence-corrected chi connectivity index (χ1v) is 7.59. The number of ether oxygens (including phenoxy) is 2. The molecule has 1 aromatic carbocycles.